The molecule has 0 spiro atoms. The lowest BCUT2D eigenvalue weighted by atomic mass is 9.95. The van der Waals surface area contributed by atoms with Crippen LogP contribution in [0.2, 0.25) is 0 Å². The average Bonchev–Trinajstić information content (AvgIpc) is 3.23. The highest BCUT2D eigenvalue weighted by Crippen LogP contribution is 2.38. The molecular formula is C23H24N2O3S. The topological polar surface area (TPSA) is 63.8 Å². The van der Waals surface area contributed by atoms with Gasteiger partial charge in [-0.05, 0) is 75.4 Å². The van der Waals surface area contributed by atoms with Crippen LogP contribution in [-0.2, 0) is 12.8 Å². The van der Waals surface area contributed by atoms with Crippen LogP contribution in [0.3, 0.4) is 0 Å². The van der Waals surface area contributed by atoms with E-state index in [0.29, 0.717) is 5.56 Å². The average molecular weight is 409 g/mol. The Morgan fingerprint density at radius 2 is 1.93 bits per heavy atom. The third kappa shape index (κ3) is 3.60. The minimum atomic E-state index is -0.833. The lowest BCUT2D eigenvalue weighted by molar-refractivity contribution is 0.0696. The molecule has 0 aliphatic heterocycles. The summed E-state index contributed by atoms with van der Waals surface area (Å²) in [6.07, 6.45) is 5.88. The van der Waals surface area contributed by atoms with E-state index in [4.69, 9.17) is 4.74 Å². The molecule has 4 rings (SSSR count). The van der Waals surface area contributed by atoms with E-state index in [1.165, 1.54) is 4.88 Å². The smallest absolute Gasteiger partial charge is 0.339 e. The molecule has 0 radical (unpaired) electrons. The van der Waals surface area contributed by atoms with Gasteiger partial charge in [0, 0.05) is 28.0 Å². The predicted octanol–water partition coefficient (Wildman–Crippen LogP) is 5.49. The van der Waals surface area contributed by atoms with Crippen LogP contribution in [-0.4, -0.2) is 29.0 Å². The Morgan fingerprint density at radius 3 is 2.62 bits per heavy atom. The van der Waals surface area contributed by atoms with Gasteiger partial charge in [0.1, 0.15) is 10.8 Å². The van der Waals surface area contributed by atoms with E-state index in [0.717, 1.165) is 64.6 Å². The Kier molecular flexibility index (Phi) is 5.28. The largest absolute Gasteiger partial charge is 0.497 e. The van der Waals surface area contributed by atoms with E-state index in [-0.39, 0.29) is 0 Å². The number of hydrogen-bond acceptors (Lipinski definition) is 4. The number of ether oxygens (including phenoxy) is 1. The van der Waals surface area contributed by atoms with E-state index >= 15 is 0 Å². The van der Waals surface area contributed by atoms with Crippen LogP contribution in [0, 0.1) is 13.8 Å². The first-order chi connectivity index (χ1) is 14.0. The first kappa shape index (κ1) is 19.5. The van der Waals surface area contributed by atoms with Gasteiger partial charge in [0.25, 0.3) is 0 Å². The molecular weight excluding hydrogens is 384 g/mol. The predicted molar refractivity (Wildman–Crippen MR) is 117 cm³/mol. The Hall–Kier alpha value is -2.86. The second kappa shape index (κ2) is 7.87. The zero-order valence-corrected chi connectivity index (χ0v) is 17.7. The molecule has 3 aromatic rings. The molecule has 2 aromatic heterocycles. The fourth-order valence-corrected chi connectivity index (χ4v) is 5.46. The second-order valence-corrected chi connectivity index (χ2v) is 8.40. The maximum atomic E-state index is 12.1. The quantitative estimate of drug-likeness (QED) is 0.568. The number of carbonyl (C=O) groups is 1. The number of aliphatic imine (C=N–C) groups is 1. The number of carboxylic acid groups (broad SMARTS) is 1. The Bertz CT molecular complexity index is 1090. The van der Waals surface area contributed by atoms with E-state index < -0.39 is 5.97 Å². The molecule has 150 valence electrons. The lowest BCUT2D eigenvalue weighted by Crippen LogP contribution is -2.09. The summed E-state index contributed by atoms with van der Waals surface area (Å²) in [4.78, 5) is 17.9. The summed E-state index contributed by atoms with van der Waals surface area (Å²) in [5, 5.41) is 10.7. The molecule has 0 amide bonds. The van der Waals surface area contributed by atoms with Crippen molar-refractivity contribution in [3.8, 4) is 10.8 Å². The number of hydrogen-bond donors (Lipinski definition) is 1. The number of aromatic nitrogens is 1. The first-order valence-corrected chi connectivity index (χ1v) is 10.6. The molecule has 1 aromatic carbocycles. The highest BCUT2D eigenvalue weighted by Gasteiger charge is 2.27. The second-order valence-electron chi connectivity index (χ2n) is 7.31. The maximum Gasteiger partial charge on any atom is 0.339 e. The molecule has 6 heteroatoms. The first-order valence-electron chi connectivity index (χ1n) is 9.75. The molecule has 0 bridgehead atoms. The molecule has 0 unspecified atom stereocenters. The summed E-state index contributed by atoms with van der Waals surface area (Å²) in [6, 6.07) is 9.64. The number of aryl methyl sites for hydroxylation is 2. The third-order valence-electron chi connectivity index (χ3n) is 5.47. The van der Waals surface area contributed by atoms with E-state index in [1.807, 2.05) is 44.3 Å². The van der Waals surface area contributed by atoms with Crippen LogP contribution in [0.1, 0.15) is 50.6 Å². The van der Waals surface area contributed by atoms with Crippen molar-refractivity contribution in [2.24, 2.45) is 4.99 Å². The zero-order valence-electron chi connectivity index (χ0n) is 16.9. The van der Waals surface area contributed by atoms with Crippen molar-refractivity contribution in [3.63, 3.8) is 0 Å². The van der Waals surface area contributed by atoms with Gasteiger partial charge in [0.2, 0.25) is 0 Å². The number of benzene rings is 1. The molecule has 0 saturated heterocycles. The summed E-state index contributed by atoms with van der Waals surface area (Å²) in [7, 11) is 1.64. The molecule has 5 nitrogen and oxygen atoms in total. The van der Waals surface area contributed by atoms with E-state index in [2.05, 4.69) is 15.6 Å². The standard InChI is InChI=1S/C23H24N2O3S/c1-14-12-16(13-24-17-8-10-18(28-3)11-9-17)15(2)25(14)22-21(23(26)27)19-6-4-5-7-20(19)29-22/h8-13H,4-7H2,1-3H3,(H,26,27). The number of fused-ring (bicyclic) bond motifs is 1. The highest BCUT2D eigenvalue weighted by atomic mass is 32.1. The number of nitrogens with zero attached hydrogens (tertiary/aromatic N) is 2. The zero-order chi connectivity index (χ0) is 20.5. The van der Waals surface area contributed by atoms with E-state index in [9.17, 15) is 9.90 Å². The Labute approximate surface area is 174 Å². The summed E-state index contributed by atoms with van der Waals surface area (Å²) in [6.45, 7) is 4.04. The van der Waals surface area contributed by atoms with Crippen molar-refractivity contribution >= 4 is 29.2 Å². The molecule has 0 fully saturated rings. The van der Waals surface area contributed by atoms with Gasteiger partial charge in [0.05, 0.1) is 18.4 Å². The van der Waals surface area contributed by atoms with Crippen molar-refractivity contribution in [2.45, 2.75) is 39.5 Å². The van der Waals surface area contributed by atoms with Crippen molar-refractivity contribution in [1.82, 2.24) is 4.57 Å². The fourth-order valence-electron chi connectivity index (χ4n) is 3.97. The minimum absolute atomic E-state index is 0.477. The Morgan fingerprint density at radius 1 is 1.21 bits per heavy atom. The van der Waals surface area contributed by atoms with Gasteiger partial charge in [-0.3, -0.25) is 4.99 Å². The van der Waals surface area contributed by atoms with Crippen LogP contribution in [0.15, 0.2) is 35.3 Å². The maximum absolute atomic E-state index is 12.1. The van der Waals surface area contributed by atoms with Crippen LogP contribution in [0.4, 0.5) is 5.69 Å². The third-order valence-corrected chi connectivity index (χ3v) is 6.74. The molecule has 1 aliphatic carbocycles. The summed E-state index contributed by atoms with van der Waals surface area (Å²) < 4.78 is 7.25. The SMILES string of the molecule is COc1ccc(N=Cc2cc(C)n(-c3sc4c(c3C(=O)O)CCCC4)c2C)cc1. The van der Waals surface area contributed by atoms with E-state index in [1.54, 1.807) is 18.4 Å². The molecule has 1 aliphatic rings. The number of thiophene rings is 1. The van der Waals surface area contributed by atoms with Gasteiger partial charge < -0.3 is 14.4 Å². The van der Waals surface area contributed by atoms with Crippen molar-refractivity contribution in [1.29, 1.82) is 0 Å². The fraction of sp³-hybridized carbons (Fsp3) is 0.304. The van der Waals surface area contributed by atoms with Crippen LogP contribution in [0.25, 0.3) is 5.00 Å². The van der Waals surface area contributed by atoms with Crippen molar-refractivity contribution in [2.75, 3.05) is 7.11 Å². The molecule has 1 N–H and O–H groups in total. The number of rotatable bonds is 5. The summed E-state index contributed by atoms with van der Waals surface area (Å²) in [5.74, 6) is -0.0367. The number of carboxylic acids is 1. The molecule has 2 heterocycles. The highest BCUT2D eigenvalue weighted by molar-refractivity contribution is 7.15. The van der Waals surface area contributed by atoms with Crippen LogP contribution >= 0.6 is 11.3 Å². The Balaban J connectivity index is 1.73. The van der Waals surface area contributed by atoms with Gasteiger partial charge in [-0.1, -0.05) is 0 Å². The summed E-state index contributed by atoms with van der Waals surface area (Å²) >= 11 is 1.63. The molecule has 0 atom stereocenters. The van der Waals surface area contributed by atoms with Gasteiger partial charge in [-0.15, -0.1) is 11.3 Å². The van der Waals surface area contributed by atoms with Crippen LogP contribution in [0.5, 0.6) is 5.75 Å². The van der Waals surface area contributed by atoms with Gasteiger partial charge in [0.15, 0.2) is 0 Å². The van der Waals surface area contributed by atoms with Gasteiger partial charge >= 0.3 is 5.97 Å². The van der Waals surface area contributed by atoms with Gasteiger partial charge in [-0.2, -0.15) is 0 Å². The van der Waals surface area contributed by atoms with Crippen molar-refractivity contribution < 1.29 is 14.6 Å². The molecule has 0 saturated carbocycles. The van der Waals surface area contributed by atoms with Crippen LogP contribution < -0.4 is 4.74 Å². The summed E-state index contributed by atoms with van der Waals surface area (Å²) in [5.41, 5.74) is 5.35. The number of methoxy groups -OCH3 is 1. The monoisotopic (exact) mass is 408 g/mol. The molecule has 29 heavy (non-hydrogen) atoms. The normalized spacial score (nSPS) is 13.6. The van der Waals surface area contributed by atoms with Gasteiger partial charge in [-0.25, -0.2) is 4.79 Å². The minimum Gasteiger partial charge on any atom is -0.497 e. The number of aromatic carboxylic acids is 1. The van der Waals surface area contributed by atoms with Crippen molar-refractivity contribution in [3.05, 3.63) is 63.3 Å². The lowest BCUT2D eigenvalue weighted by Gasteiger charge is -2.11.